The molecular formula is C22H25N5O4. The van der Waals surface area contributed by atoms with E-state index < -0.39 is 0 Å². The molecule has 1 aromatic heterocycles. The molecule has 1 N–H and O–H groups in total. The highest BCUT2D eigenvalue weighted by molar-refractivity contribution is 5.94. The minimum absolute atomic E-state index is 0.00516. The van der Waals surface area contributed by atoms with Crippen molar-refractivity contribution in [3.63, 3.8) is 0 Å². The Morgan fingerprint density at radius 3 is 2.55 bits per heavy atom. The normalized spacial score (nSPS) is 21.4. The summed E-state index contributed by atoms with van der Waals surface area (Å²) >= 11 is 0. The standard InChI is InChI=1S/C22H25N5O4/c28-21(15-11-26(12-15)17-7-8-23-24-10-17)25-16-3-5-18(6-4-16)31-19-13-27(14-19)22(29)20-2-1-9-30-20/h3-8,10,15,19-20H,1-2,9,11-14H2,(H,25,28). The summed E-state index contributed by atoms with van der Waals surface area (Å²) in [5.74, 6) is 0.762. The Bertz CT molecular complexity index is 921. The summed E-state index contributed by atoms with van der Waals surface area (Å²) in [6.07, 6.45) is 4.84. The van der Waals surface area contributed by atoms with E-state index in [0.717, 1.165) is 30.0 Å². The second kappa shape index (κ2) is 8.50. The molecule has 3 saturated heterocycles. The number of rotatable bonds is 6. The number of likely N-dealkylation sites (tertiary alicyclic amines) is 1. The number of nitrogens with zero attached hydrogens (tertiary/aromatic N) is 4. The predicted octanol–water partition coefficient (Wildman–Crippen LogP) is 1.32. The van der Waals surface area contributed by atoms with Crippen LogP contribution in [0.3, 0.4) is 0 Å². The van der Waals surface area contributed by atoms with Crippen LogP contribution >= 0.6 is 0 Å². The average molecular weight is 423 g/mol. The van der Waals surface area contributed by atoms with E-state index >= 15 is 0 Å². The Labute approximate surface area is 180 Å². The van der Waals surface area contributed by atoms with Crippen molar-refractivity contribution in [1.29, 1.82) is 0 Å². The molecule has 9 heteroatoms. The van der Waals surface area contributed by atoms with Crippen LogP contribution in [-0.2, 0) is 14.3 Å². The molecule has 3 aliphatic rings. The summed E-state index contributed by atoms with van der Waals surface area (Å²) in [6, 6.07) is 9.25. The predicted molar refractivity (Wildman–Crippen MR) is 113 cm³/mol. The SMILES string of the molecule is O=C(Nc1ccc(OC2CN(C(=O)C3CCCO3)C2)cc1)C1CN(c2ccnnc2)C1. The lowest BCUT2D eigenvalue weighted by Gasteiger charge is -2.40. The van der Waals surface area contributed by atoms with Crippen molar-refractivity contribution in [1.82, 2.24) is 15.1 Å². The third kappa shape index (κ3) is 4.32. The van der Waals surface area contributed by atoms with Crippen LogP contribution < -0.4 is 15.0 Å². The number of ether oxygens (including phenoxy) is 2. The van der Waals surface area contributed by atoms with Crippen molar-refractivity contribution in [2.75, 3.05) is 43.0 Å². The fourth-order valence-electron chi connectivity index (χ4n) is 4.05. The molecule has 2 aromatic rings. The molecule has 3 fully saturated rings. The fraction of sp³-hybridized carbons (Fsp3) is 0.455. The minimum atomic E-state index is -0.270. The Morgan fingerprint density at radius 1 is 1.06 bits per heavy atom. The summed E-state index contributed by atoms with van der Waals surface area (Å²) in [5, 5.41) is 10.6. The van der Waals surface area contributed by atoms with Gasteiger partial charge in [0.25, 0.3) is 5.91 Å². The van der Waals surface area contributed by atoms with Gasteiger partial charge in [0.05, 0.1) is 37.1 Å². The Hall–Kier alpha value is -3.20. The summed E-state index contributed by atoms with van der Waals surface area (Å²) in [7, 11) is 0. The van der Waals surface area contributed by atoms with Gasteiger partial charge in [0.1, 0.15) is 18.0 Å². The summed E-state index contributed by atoms with van der Waals surface area (Å²) in [4.78, 5) is 28.6. The molecular weight excluding hydrogens is 398 g/mol. The lowest BCUT2D eigenvalue weighted by molar-refractivity contribution is -0.149. The van der Waals surface area contributed by atoms with Crippen LogP contribution in [-0.4, -0.2) is 71.9 Å². The van der Waals surface area contributed by atoms with Crippen molar-refractivity contribution in [3.05, 3.63) is 42.7 Å². The zero-order valence-corrected chi connectivity index (χ0v) is 17.1. The quantitative estimate of drug-likeness (QED) is 0.748. The van der Waals surface area contributed by atoms with Crippen LogP contribution in [0, 0.1) is 5.92 Å². The molecule has 3 aliphatic heterocycles. The number of anilines is 2. The van der Waals surface area contributed by atoms with Gasteiger partial charge in [-0.05, 0) is 43.2 Å². The lowest BCUT2D eigenvalue weighted by atomic mass is 9.98. The number of hydrogen-bond donors (Lipinski definition) is 1. The summed E-state index contributed by atoms with van der Waals surface area (Å²) in [6.45, 7) is 3.18. The fourth-order valence-corrected chi connectivity index (χ4v) is 4.05. The lowest BCUT2D eigenvalue weighted by Crippen LogP contribution is -2.58. The molecule has 1 atom stereocenters. The zero-order valence-electron chi connectivity index (χ0n) is 17.1. The first-order valence-corrected chi connectivity index (χ1v) is 10.7. The number of aromatic nitrogens is 2. The molecule has 0 spiro atoms. The van der Waals surface area contributed by atoms with E-state index in [9.17, 15) is 9.59 Å². The number of amides is 2. The van der Waals surface area contributed by atoms with Gasteiger partial charge in [-0.2, -0.15) is 10.2 Å². The molecule has 1 unspecified atom stereocenters. The van der Waals surface area contributed by atoms with E-state index in [1.165, 1.54) is 0 Å². The van der Waals surface area contributed by atoms with Gasteiger partial charge in [0, 0.05) is 25.4 Å². The van der Waals surface area contributed by atoms with E-state index in [-0.39, 0.29) is 29.9 Å². The number of hydrogen-bond acceptors (Lipinski definition) is 7. The maximum atomic E-state index is 12.5. The second-order valence-electron chi connectivity index (χ2n) is 8.20. The number of benzene rings is 1. The second-order valence-corrected chi connectivity index (χ2v) is 8.20. The van der Waals surface area contributed by atoms with Crippen molar-refractivity contribution >= 4 is 23.2 Å². The van der Waals surface area contributed by atoms with E-state index in [0.29, 0.717) is 32.8 Å². The molecule has 31 heavy (non-hydrogen) atoms. The van der Waals surface area contributed by atoms with Crippen LogP contribution in [0.2, 0.25) is 0 Å². The average Bonchev–Trinajstić information content (AvgIpc) is 3.26. The monoisotopic (exact) mass is 423 g/mol. The molecule has 162 valence electrons. The largest absolute Gasteiger partial charge is 0.487 e. The van der Waals surface area contributed by atoms with Crippen LogP contribution in [0.25, 0.3) is 0 Å². The van der Waals surface area contributed by atoms with Gasteiger partial charge < -0.3 is 24.6 Å². The molecule has 0 saturated carbocycles. The molecule has 2 amide bonds. The van der Waals surface area contributed by atoms with Crippen LogP contribution in [0.1, 0.15) is 12.8 Å². The molecule has 9 nitrogen and oxygen atoms in total. The van der Waals surface area contributed by atoms with Crippen molar-refractivity contribution < 1.29 is 19.1 Å². The van der Waals surface area contributed by atoms with Crippen LogP contribution in [0.5, 0.6) is 5.75 Å². The molecule has 0 radical (unpaired) electrons. The highest BCUT2D eigenvalue weighted by atomic mass is 16.5. The van der Waals surface area contributed by atoms with Gasteiger partial charge in [-0.15, -0.1) is 0 Å². The van der Waals surface area contributed by atoms with Crippen molar-refractivity contribution in [2.45, 2.75) is 25.0 Å². The van der Waals surface area contributed by atoms with Crippen LogP contribution in [0.4, 0.5) is 11.4 Å². The smallest absolute Gasteiger partial charge is 0.251 e. The first-order valence-electron chi connectivity index (χ1n) is 10.7. The van der Waals surface area contributed by atoms with Crippen molar-refractivity contribution in [3.8, 4) is 5.75 Å². The van der Waals surface area contributed by atoms with Gasteiger partial charge in [-0.1, -0.05) is 0 Å². The number of nitrogens with one attached hydrogen (secondary N) is 1. The first kappa shape index (κ1) is 19.7. The highest BCUT2D eigenvalue weighted by Crippen LogP contribution is 2.26. The van der Waals surface area contributed by atoms with E-state index in [1.54, 1.807) is 17.3 Å². The number of carbonyl (C=O) groups excluding carboxylic acids is 2. The third-order valence-corrected chi connectivity index (χ3v) is 5.98. The third-order valence-electron chi connectivity index (χ3n) is 5.98. The Kier molecular flexibility index (Phi) is 5.42. The molecule has 5 rings (SSSR count). The summed E-state index contributed by atoms with van der Waals surface area (Å²) < 4.78 is 11.4. The van der Waals surface area contributed by atoms with Crippen LogP contribution in [0.15, 0.2) is 42.7 Å². The zero-order chi connectivity index (χ0) is 21.2. The Balaban J connectivity index is 1.05. The van der Waals surface area contributed by atoms with E-state index in [2.05, 4.69) is 20.4 Å². The van der Waals surface area contributed by atoms with Gasteiger partial charge in [-0.3, -0.25) is 9.59 Å². The van der Waals surface area contributed by atoms with E-state index in [4.69, 9.17) is 9.47 Å². The number of carbonyl (C=O) groups is 2. The van der Waals surface area contributed by atoms with Gasteiger partial charge >= 0.3 is 0 Å². The highest BCUT2D eigenvalue weighted by Gasteiger charge is 2.37. The van der Waals surface area contributed by atoms with E-state index in [1.807, 2.05) is 30.3 Å². The van der Waals surface area contributed by atoms with Gasteiger partial charge in [0.2, 0.25) is 5.91 Å². The maximum Gasteiger partial charge on any atom is 0.251 e. The van der Waals surface area contributed by atoms with Gasteiger partial charge in [0.15, 0.2) is 0 Å². The maximum absolute atomic E-state index is 12.5. The molecule has 1 aromatic carbocycles. The molecule has 4 heterocycles. The van der Waals surface area contributed by atoms with Crippen molar-refractivity contribution in [2.24, 2.45) is 5.92 Å². The first-order chi connectivity index (χ1) is 15.2. The molecule has 0 aliphatic carbocycles. The van der Waals surface area contributed by atoms with Gasteiger partial charge in [-0.25, -0.2) is 0 Å². The topological polar surface area (TPSA) is 96.9 Å². The molecule has 0 bridgehead atoms. The summed E-state index contributed by atoms with van der Waals surface area (Å²) in [5.41, 5.74) is 1.72. The minimum Gasteiger partial charge on any atom is -0.487 e. The Morgan fingerprint density at radius 2 is 1.87 bits per heavy atom.